The van der Waals surface area contributed by atoms with E-state index in [0.717, 1.165) is 25.8 Å². The minimum atomic E-state index is -0.0743. The number of thioether (sulfide) groups is 1. The van der Waals surface area contributed by atoms with Gasteiger partial charge in [-0.3, -0.25) is 9.69 Å². The molecule has 1 amide bonds. The number of carbonyl (C=O) groups is 1. The van der Waals surface area contributed by atoms with Gasteiger partial charge in [0.05, 0.1) is 32.9 Å². The minimum Gasteiger partial charge on any atom is -0.493 e. The van der Waals surface area contributed by atoms with E-state index in [1.165, 1.54) is 11.8 Å². The predicted octanol–water partition coefficient (Wildman–Crippen LogP) is 7.13. The first-order valence-electron chi connectivity index (χ1n) is 9.63. The van der Waals surface area contributed by atoms with Gasteiger partial charge in [-0.2, -0.15) is 0 Å². The fraction of sp³-hybridized carbons (Fsp3) is 0.273. The highest BCUT2D eigenvalue weighted by atomic mass is 127. The summed E-state index contributed by atoms with van der Waals surface area (Å²) in [5.74, 6) is 1.30. The lowest BCUT2D eigenvalue weighted by molar-refractivity contribution is -0.122. The van der Waals surface area contributed by atoms with Crippen molar-refractivity contribution in [1.29, 1.82) is 0 Å². The van der Waals surface area contributed by atoms with Crippen molar-refractivity contribution in [3.05, 3.63) is 53.9 Å². The molecule has 0 aliphatic carbocycles. The lowest BCUT2D eigenvalue weighted by Crippen LogP contribution is -2.28. The van der Waals surface area contributed by atoms with Crippen molar-refractivity contribution in [2.45, 2.75) is 20.3 Å². The number of halogens is 3. The molecule has 0 spiro atoms. The van der Waals surface area contributed by atoms with Gasteiger partial charge in [0, 0.05) is 11.0 Å². The second-order valence-corrected chi connectivity index (χ2v) is 9.97. The minimum absolute atomic E-state index is 0.0743. The molecule has 9 heteroatoms. The van der Waals surface area contributed by atoms with Crippen molar-refractivity contribution in [3.63, 3.8) is 0 Å². The molecule has 0 atom stereocenters. The number of benzene rings is 2. The molecule has 1 saturated heterocycles. The van der Waals surface area contributed by atoms with Crippen molar-refractivity contribution in [2.75, 3.05) is 20.3 Å². The van der Waals surface area contributed by atoms with Gasteiger partial charge in [0.25, 0.3) is 5.91 Å². The molecule has 31 heavy (non-hydrogen) atoms. The molecule has 0 unspecified atom stereocenters. The van der Waals surface area contributed by atoms with E-state index in [1.807, 2.05) is 37.3 Å². The van der Waals surface area contributed by atoms with Crippen molar-refractivity contribution in [1.82, 2.24) is 4.90 Å². The Hall–Kier alpha value is -1.23. The number of rotatable bonds is 7. The molecule has 5 nitrogen and oxygen atoms in total. The van der Waals surface area contributed by atoms with Crippen LogP contribution in [0.4, 0.5) is 5.69 Å². The number of amidine groups is 1. The summed E-state index contributed by atoms with van der Waals surface area (Å²) in [5.41, 5.74) is 1.56. The smallest absolute Gasteiger partial charge is 0.266 e. The van der Waals surface area contributed by atoms with Gasteiger partial charge in [0.15, 0.2) is 16.7 Å². The van der Waals surface area contributed by atoms with Crippen LogP contribution in [0.25, 0.3) is 6.08 Å². The summed E-state index contributed by atoms with van der Waals surface area (Å²) in [7, 11) is 1.61. The molecule has 0 aromatic heterocycles. The summed E-state index contributed by atoms with van der Waals surface area (Å²) >= 11 is 13.1. The largest absolute Gasteiger partial charge is 0.493 e. The molecule has 0 bridgehead atoms. The van der Waals surface area contributed by atoms with Crippen LogP contribution in [0.5, 0.6) is 11.5 Å². The van der Waals surface area contributed by atoms with E-state index in [0.29, 0.717) is 39.7 Å². The highest BCUT2D eigenvalue weighted by Crippen LogP contribution is 2.38. The normalized spacial score (nSPS) is 16.5. The van der Waals surface area contributed by atoms with Crippen molar-refractivity contribution < 1.29 is 14.3 Å². The average Bonchev–Trinajstić information content (AvgIpc) is 3.03. The Balaban J connectivity index is 1.94. The van der Waals surface area contributed by atoms with Crippen LogP contribution in [-0.4, -0.2) is 36.2 Å². The van der Waals surface area contributed by atoms with Crippen LogP contribution in [0, 0.1) is 3.57 Å². The second kappa shape index (κ2) is 11.1. The first kappa shape index (κ1) is 24.4. The van der Waals surface area contributed by atoms with Crippen molar-refractivity contribution >= 4 is 84.7 Å². The maximum atomic E-state index is 13.0. The molecule has 0 radical (unpaired) electrons. The number of hydrogen-bond donors (Lipinski definition) is 0. The van der Waals surface area contributed by atoms with E-state index in [9.17, 15) is 4.79 Å². The Morgan fingerprint density at radius 3 is 2.71 bits per heavy atom. The number of hydrogen-bond acceptors (Lipinski definition) is 5. The fourth-order valence-corrected chi connectivity index (χ4v) is 5.12. The van der Waals surface area contributed by atoms with Crippen LogP contribution >= 0.6 is 61.9 Å². The number of carbonyl (C=O) groups excluding carboxylic acids is 1. The summed E-state index contributed by atoms with van der Waals surface area (Å²) in [4.78, 5) is 19.9. The average molecular weight is 636 g/mol. The topological polar surface area (TPSA) is 51.1 Å². The van der Waals surface area contributed by atoms with Gasteiger partial charge in [0.1, 0.15) is 0 Å². The van der Waals surface area contributed by atoms with E-state index >= 15 is 0 Å². The zero-order valence-corrected chi connectivity index (χ0v) is 22.6. The molecular formula is C22H21BrClIN2O3S. The molecule has 1 heterocycles. The van der Waals surface area contributed by atoms with Crippen LogP contribution < -0.4 is 9.47 Å². The Kier molecular flexibility index (Phi) is 8.72. The van der Waals surface area contributed by atoms with E-state index in [1.54, 1.807) is 18.1 Å². The summed E-state index contributed by atoms with van der Waals surface area (Å²) in [6.45, 7) is 5.13. The molecule has 2 aromatic rings. The monoisotopic (exact) mass is 634 g/mol. The van der Waals surface area contributed by atoms with E-state index in [4.69, 9.17) is 21.1 Å². The second-order valence-electron chi connectivity index (χ2n) is 6.54. The highest BCUT2D eigenvalue weighted by molar-refractivity contribution is 14.1. The predicted molar refractivity (Wildman–Crippen MR) is 141 cm³/mol. The van der Waals surface area contributed by atoms with Crippen LogP contribution in [0.1, 0.15) is 25.8 Å². The molecular weight excluding hydrogens is 615 g/mol. The summed E-state index contributed by atoms with van der Waals surface area (Å²) in [6, 6.07) is 9.32. The summed E-state index contributed by atoms with van der Waals surface area (Å²) in [6.07, 6.45) is 2.77. The Morgan fingerprint density at radius 1 is 1.29 bits per heavy atom. The standard InChI is InChI=1S/C22H21BrClIN2O3S/c1-4-8-30-20-17(25)9-13(10-18(20)29-3)11-19-21(28)27(5-2)22(31-19)26-14-6-7-15(23)16(24)12-14/h6-7,9-12H,4-5,8H2,1-3H3/b19-11+,26-22?. The molecule has 3 rings (SSSR count). The Bertz CT molecular complexity index is 1060. The maximum Gasteiger partial charge on any atom is 0.266 e. The van der Waals surface area contributed by atoms with Crippen LogP contribution in [-0.2, 0) is 4.79 Å². The van der Waals surface area contributed by atoms with Crippen LogP contribution in [0.3, 0.4) is 0 Å². The van der Waals surface area contributed by atoms with Crippen LogP contribution in [0.2, 0.25) is 5.02 Å². The van der Waals surface area contributed by atoms with Gasteiger partial charge in [-0.05, 0) is 106 Å². The zero-order valence-electron chi connectivity index (χ0n) is 17.2. The molecule has 1 fully saturated rings. The zero-order chi connectivity index (χ0) is 22.5. The number of ether oxygens (including phenoxy) is 2. The van der Waals surface area contributed by atoms with Crippen molar-refractivity contribution in [3.8, 4) is 11.5 Å². The molecule has 0 N–H and O–H groups in total. The number of methoxy groups -OCH3 is 1. The number of amides is 1. The van der Waals surface area contributed by atoms with Gasteiger partial charge in [-0.1, -0.05) is 18.5 Å². The quantitative estimate of drug-likeness (QED) is 0.240. The first-order valence-corrected chi connectivity index (χ1v) is 12.7. The third kappa shape index (κ3) is 5.77. The third-order valence-electron chi connectivity index (χ3n) is 4.33. The lowest BCUT2D eigenvalue weighted by Gasteiger charge is -2.13. The Morgan fingerprint density at radius 2 is 2.06 bits per heavy atom. The lowest BCUT2D eigenvalue weighted by atomic mass is 10.2. The number of likely N-dealkylation sites (N-methyl/N-ethyl adjacent to an activating group) is 1. The highest BCUT2D eigenvalue weighted by Gasteiger charge is 2.32. The first-order chi connectivity index (χ1) is 14.9. The van der Waals surface area contributed by atoms with Crippen molar-refractivity contribution in [2.24, 2.45) is 4.99 Å². The number of nitrogens with zero attached hydrogens (tertiary/aromatic N) is 2. The van der Waals surface area contributed by atoms with Gasteiger partial charge < -0.3 is 9.47 Å². The molecule has 0 saturated carbocycles. The SMILES string of the molecule is CCCOc1c(I)cc(/C=C2/SC(=Nc3ccc(Br)c(Cl)c3)N(CC)C2=O)cc1OC. The van der Waals surface area contributed by atoms with E-state index < -0.39 is 0 Å². The Labute approximate surface area is 213 Å². The molecule has 1 aliphatic rings. The van der Waals surface area contributed by atoms with E-state index in [-0.39, 0.29) is 5.91 Å². The summed E-state index contributed by atoms with van der Waals surface area (Å²) in [5, 5.41) is 1.20. The molecule has 1 aliphatic heterocycles. The molecule has 164 valence electrons. The number of aliphatic imine (C=N–C) groups is 1. The summed E-state index contributed by atoms with van der Waals surface area (Å²) < 4.78 is 13.1. The molecule has 2 aromatic carbocycles. The maximum absolute atomic E-state index is 13.0. The van der Waals surface area contributed by atoms with Gasteiger partial charge in [-0.15, -0.1) is 0 Å². The van der Waals surface area contributed by atoms with E-state index in [2.05, 4.69) is 50.4 Å². The fourth-order valence-electron chi connectivity index (χ4n) is 2.85. The van der Waals surface area contributed by atoms with Crippen LogP contribution in [0.15, 0.2) is 44.7 Å². The van der Waals surface area contributed by atoms with Gasteiger partial charge in [-0.25, -0.2) is 4.99 Å². The van der Waals surface area contributed by atoms with Gasteiger partial charge >= 0.3 is 0 Å². The third-order valence-corrected chi connectivity index (χ3v) is 7.37. The van der Waals surface area contributed by atoms with Gasteiger partial charge in [0.2, 0.25) is 0 Å².